The first-order valence-electron chi connectivity index (χ1n) is 6.94. The normalized spacial score (nSPS) is 12.1. The predicted molar refractivity (Wildman–Crippen MR) is 73.7 cm³/mol. The molecule has 0 fully saturated rings. The molecule has 0 saturated heterocycles. The van der Waals surface area contributed by atoms with Crippen molar-refractivity contribution in [3.8, 4) is 12.3 Å². The van der Waals surface area contributed by atoms with Gasteiger partial charge in [0.1, 0.15) is 0 Å². The molecule has 0 amide bonds. The van der Waals surface area contributed by atoms with Gasteiger partial charge in [0.2, 0.25) is 0 Å². The van der Waals surface area contributed by atoms with Gasteiger partial charge in [-0.3, -0.25) is 4.79 Å². The number of carbonyl (C=O) groups is 1. The summed E-state index contributed by atoms with van der Waals surface area (Å²) in [6, 6.07) is -0.440. The zero-order valence-electron chi connectivity index (χ0n) is 11.2. The molecule has 17 heavy (non-hydrogen) atoms. The highest BCUT2D eigenvalue weighted by atomic mass is 16.1. The Hall–Kier alpha value is -0.810. The van der Waals surface area contributed by atoms with E-state index in [1.165, 1.54) is 38.5 Å². The van der Waals surface area contributed by atoms with Gasteiger partial charge in [-0.2, -0.15) is 0 Å². The quantitative estimate of drug-likeness (QED) is 0.442. The van der Waals surface area contributed by atoms with Crippen molar-refractivity contribution < 1.29 is 4.79 Å². The summed E-state index contributed by atoms with van der Waals surface area (Å²) in [4.78, 5) is 11.5. The zero-order chi connectivity index (χ0) is 12.9. The van der Waals surface area contributed by atoms with Crippen molar-refractivity contribution >= 4 is 5.78 Å². The van der Waals surface area contributed by atoms with Gasteiger partial charge in [-0.25, -0.2) is 0 Å². The first-order chi connectivity index (χ1) is 8.22. The summed E-state index contributed by atoms with van der Waals surface area (Å²) >= 11 is 0. The highest BCUT2D eigenvalue weighted by molar-refractivity contribution is 5.83. The molecule has 1 unspecified atom stereocenters. The molecule has 0 aromatic heterocycles. The van der Waals surface area contributed by atoms with Crippen molar-refractivity contribution in [1.29, 1.82) is 0 Å². The molecule has 0 aliphatic carbocycles. The SMILES string of the molecule is C#CCC(N)C(=O)CCCCCCCCCC. The first kappa shape index (κ1) is 16.2. The molecule has 1 atom stereocenters. The van der Waals surface area contributed by atoms with E-state index >= 15 is 0 Å². The van der Waals surface area contributed by atoms with Crippen molar-refractivity contribution in [3.05, 3.63) is 0 Å². The van der Waals surface area contributed by atoms with Crippen molar-refractivity contribution in [3.63, 3.8) is 0 Å². The smallest absolute Gasteiger partial charge is 0.150 e. The van der Waals surface area contributed by atoms with Crippen molar-refractivity contribution in [2.45, 2.75) is 77.2 Å². The predicted octanol–water partition coefficient (Wildman–Crippen LogP) is 3.44. The van der Waals surface area contributed by atoms with Gasteiger partial charge in [-0.1, -0.05) is 51.9 Å². The van der Waals surface area contributed by atoms with Crippen LogP contribution in [0, 0.1) is 12.3 Å². The van der Waals surface area contributed by atoms with Crippen LogP contribution in [0.2, 0.25) is 0 Å². The van der Waals surface area contributed by atoms with Crippen LogP contribution in [0.4, 0.5) is 0 Å². The molecule has 0 saturated carbocycles. The summed E-state index contributed by atoms with van der Waals surface area (Å²) in [5, 5.41) is 0. The number of carbonyl (C=O) groups excluding carboxylic acids is 1. The molecule has 2 nitrogen and oxygen atoms in total. The second-order valence-corrected chi connectivity index (χ2v) is 4.71. The standard InChI is InChI=1S/C15H27NO/c1-3-5-6-7-8-9-10-11-13-15(17)14(16)12-4-2/h2,14H,3,5-13,16H2,1H3. The Bertz CT molecular complexity index is 230. The fourth-order valence-corrected chi connectivity index (χ4v) is 1.86. The van der Waals surface area contributed by atoms with Crippen LogP contribution in [0.5, 0.6) is 0 Å². The van der Waals surface area contributed by atoms with Crippen LogP contribution >= 0.6 is 0 Å². The number of hydrogen-bond donors (Lipinski definition) is 1. The number of hydrogen-bond acceptors (Lipinski definition) is 2. The fraction of sp³-hybridized carbons (Fsp3) is 0.800. The Morgan fingerprint density at radius 1 is 1.12 bits per heavy atom. The van der Waals surface area contributed by atoms with Crippen LogP contribution in [-0.4, -0.2) is 11.8 Å². The molecule has 0 radical (unpaired) electrons. The molecule has 0 bridgehead atoms. The van der Waals surface area contributed by atoms with Gasteiger partial charge in [0.15, 0.2) is 5.78 Å². The highest BCUT2D eigenvalue weighted by Crippen LogP contribution is 2.10. The lowest BCUT2D eigenvalue weighted by Gasteiger charge is -2.06. The van der Waals surface area contributed by atoms with Gasteiger partial charge in [-0.15, -0.1) is 12.3 Å². The first-order valence-corrected chi connectivity index (χ1v) is 6.94. The summed E-state index contributed by atoms with van der Waals surface area (Å²) in [7, 11) is 0. The third kappa shape index (κ3) is 10.1. The fourth-order valence-electron chi connectivity index (χ4n) is 1.86. The average Bonchev–Trinajstić information content (AvgIpc) is 2.32. The molecule has 0 heterocycles. The largest absolute Gasteiger partial charge is 0.321 e. The number of ketones is 1. The minimum absolute atomic E-state index is 0.119. The molecule has 98 valence electrons. The van der Waals surface area contributed by atoms with Gasteiger partial charge in [0, 0.05) is 12.8 Å². The van der Waals surface area contributed by atoms with Gasteiger partial charge in [-0.05, 0) is 6.42 Å². The minimum atomic E-state index is -0.440. The molecular formula is C15H27NO. The summed E-state index contributed by atoms with van der Waals surface area (Å²) < 4.78 is 0. The molecule has 0 aliphatic rings. The van der Waals surface area contributed by atoms with Crippen LogP contribution in [0.3, 0.4) is 0 Å². The molecule has 0 rings (SSSR count). The van der Waals surface area contributed by atoms with E-state index in [-0.39, 0.29) is 5.78 Å². The third-order valence-electron chi connectivity index (χ3n) is 3.03. The van der Waals surface area contributed by atoms with E-state index in [1.54, 1.807) is 0 Å². The van der Waals surface area contributed by atoms with Crippen molar-refractivity contribution in [2.75, 3.05) is 0 Å². The Morgan fingerprint density at radius 2 is 1.65 bits per heavy atom. The lowest BCUT2D eigenvalue weighted by Crippen LogP contribution is -2.29. The number of Topliss-reactive ketones (excluding diaryl/α,β-unsaturated/α-hetero) is 1. The third-order valence-corrected chi connectivity index (χ3v) is 3.03. The zero-order valence-corrected chi connectivity index (χ0v) is 11.2. The maximum absolute atomic E-state index is 11.5. The van der Waals surface area contributed by atoms with Gasteiger partial charge < -0.3 is 5.73 Å². The minimum Gasteiger partial charge on any atom is -0.321 e. The lowest BCUT2D eigenvalue weighted by molar-refractivity contribution is -0.120. The lowest BCUT2D eigenvalue weighted by atomic mass is 10.0. The van der Waals surface area contributed by atoms with Crippen molar-refractivity contribution in [2.24, 2.45) is 5.73 Å². The van der Waals surface area contributed by atoms with E-state index in [9.17, 15) is 4.79 Å². The number of rotatable bonds is 11. The highest BCUT2D eigenvalue weighted by Gasteiger charge is 2.10. The summed E-state index contributed by atoms with van der Waals surface area (Å²) in [6.07, 6.45) is 16.0. The van der Waals surface area contributed by atoms with E-state index in [1.807, 2.05) is 0 Å². The Labute approximate surface area is 106 Å². The van der Waals surface area contributed by atoms with Gasteiger partial charge in [0.05, 0.1) is 6.04 Å². The Balaban J connectivity index is 3.28. The number of unbranched alkanes of at least 4 members (excludes halogenated alkanes) is 7. The summed E-state index contributed by atoms with van der Waals surface area (Å²) in [6.45, 7) is 2.23. The second kappa shape index (κ2) is 11.7. The van der Waals surface area contributed by atoms with E-state index in [4.69, 9.17) is 12.2 Å². The van der Waals surface area contributed by atoms with Crippen molar-refractivity contribution in [1.82, 2.24) is 0 Å². The van der Waals surface area contributed by atoms with Gasteiger partial charge >= 0.3 is 0 Å². The van der Waals surface area contributed by atoms with E-state index in [0.29, 0.717) is 12.8 Å². The molecule has 2 N–H and O–H groups in total. The molecule has 0 aliphatic heterocycles. The van der Waals surface area contributed by atoms with E-state index in [2.05, 4.69) is 12.8 Å². The van der Waals surface area contributed by atoms with Crippen LogP contribution in [0.25, 0.3) is 0 Å². The van der Waals surface area contributed by atoms with Crippen LogP contribution in [-0.2, 0) is 4.79 Å². The van der Waals surface area contributed by atoms with E-state index in [0.717, 1.165) is 12.8 Å². The van der Waals surface area contributed by atoms with Gasteiger partial charge in [0.25, 0.3) is 0 Å². The topological polar surface area (TPSA) is 43.1 Å². The maximum atomic E-state index is 11.5. The summed E-state index contributed by atoms with van der Waals surface area (Å²) in [5.41, 5.74) is 5.63. The Morgan fingerprint density at radius 3 is 2.18 bits per heavy atom. The number of nitrogens with two attached hydrogens (primary N) is 1. The molecule has 2 heteroatoms. The monoisotopic (exact) mass is 237 g/mol. The Kier molecular flexibility index (Phi) is 11.1. The van der Waals surface area contributed by atoms with Crippen LogP contribution < -0.4 is 5.73 Å². The van der Waals surface area contributed by atoms with Crippen LogP contribution in [0.1, 0.15) is 71.1 Å². The maximum Gasteiger partial charge on any atom is 0.150 e. The number of terminal acetylenes is 1. The molecule has 0 spiro atoms. The second-order valence-electron chi connectivity index (χ2n) is 4.71. The summed E-state index contributed by atoms with van der Waals surface area (Å²) in [5.74, 6) is 2.55. The molecule has 0 aromatic rings. The molecule has 0 aromatic carbocycles. The molecular weight excluding hydrogens is 210 g/mol. The van der Waals surface area contributed by atoms with Crippen LogP contribution in [0.15, 0.2) is 0 Å². The average molecular weight is 237 g/mol. The van der Waals surface area contributed by atoms with E-state index < -0.39 is 6.04 Å².